The quantitative estimate of drug-likeness (QED) is 0.253. The van der Waals surface area contributed by atoms with Crippen LogP contribution >= 0.6 is 22.6 Å². The molecule has 0 radical (unpaired) electrons. The minimum Gasteiger partial charge on any atom is -0.493 e. The standard InChI is InChI=1S/C27H39IN2O8/c1-3-37-16-24(33)30(19-7-5-4-6-8-19)21-13-18(27(35)29-9-10-31)14-22(25(21)34)38-26-20(28)11-17(15-32)12-23(26)36-2/h11-12,14,19,21-22,25,31-32,34H,3-10,13,15-16H2,1-2H3,(H,29,35)/t21-,22+,25+/m1/s1. The Bertz CT molecular complexity index is 982. The van der Waals surface area contributed by atoms with Gasteiger partial charge < -0.3 is 39.7 Å². The lowest BCUT2D eigenvalue weighted by atomic mass is 9.85. The Morgan fingerprint density at radius 1 is 1.18 bits per heavy atom. The van der Waals surface area contributed by atoms with Crippen LogP contribution in [0.1, 0.15) is 51.0 Å². The van der Waals surface area contributed by atoms with Gasteiger partial charge in [-0.15, -0.1) is 0 Å². The molecule has 1 fully saturated rings. The molecular formula is C27H39IN2O8. The Hall–Kier alpha value is -1.93. The molecular weight excluding hydrogens is 607 g/mol. The maximum Gasteiger partial charge on any atom is 0.249 e. The van der Waals surface area contributed by atoms with E-state index in [4.69, 9.17) is 14.2 Å². The van der Waals surface area contributed by atoms with E-state index in [0.717, 1.165) is 32.1 Å². The summed E-state index contributed by atoms with van der Waals surface area (Å²) in [5.41, 5.74) is 1.01. The van der Waals surface area contributed by atoms with Crippen molar-refractivity contribution in [3.63, 3.8) is 0 Å². The number of halogens is 1. The number of aliphatic hydroxyl groups excluding tert-OH is 3. The first-order chi connectivity index (χ1) is 18.3. The lowest BCUT2D eigenvalue weighted by Gasteiger charge is -2.45. The highest BCUT2D eigenvalue weighted by Crippen LogP contribution is 2.38. The molecule has 0 unspecified atom stereocenters. The first kappa shape index (κ1) is 30.6. The van der Waals surface area contributed by atoms with Crippen molar-refractivity contribution in [1.82, 2.24) is 10.2 Å². The van der Waals surface area contributed by atoms with Gasteiger partial charge in [0.2, 0.25) is 11.8 Å². The third-order valence-corrected chi connectivity index (χ3v) is 7.78. The van der Waals surface area contributed by atoms with Crippen molar-refractivity contribution in [1.29, 1.82) is 0 Å². The maximum atomic E-state index is 13.4. The molecule has 1 aromatic carbocycles. The van der Waals surface area contributed by atoms with Crippen LogP contribution in [0.2, 0.25) is 0 Å². The molecule has 2 aliphatic carbocycles. The van der Waals surface area contributed by atoms with E-state index in [0.29, 0.717) is 32.8 Å². The molecule has 38 heavy (non-hydrogen) atoms. The average molecular weight is 647 g/mol. The van der Waals surface area contributed by atoms with Crippen LogP contribution in [0.4, 0.5) is 0 Å². The zero-order chi connectivity index (χ0) is 27.7. The number of nitrogens with zero attached hydrogens (tertiary/aromatic N) is 1. The third-order valence-electron chi connectivity index (χ3n) is 6.98. The van der Waals surface area contributed by atoms with Crippen LogP contribution in [-0.4, -0.2) is 89.8 Å². The van der Waals surface area contributed by atoms with Crippen LogP contribution in [0.3, 0.4) is 0 Å². The van der Waals surface area contributed by atoms with Gasteiger partial charge in [-0.05, 0) is 66.1 Å². The molecule has 11 heteroatoms. The van der Waals surface area contributed by atoms with Gasteiger partial charge in [0, 0.05) is 31.2 Å². The van der Waals surface area contributed by atoms with E-state index in [1.165, 1.54) is 7.11 Å². The second-order valence-corrected chi connectivity index (χ2v) is 10.7. The largest absolute Gasteiger partial charge is 0.493 e. The summed E-state index contributed by atoms with van der Waals surface area (Å²) >= 11 is 2.07. The molecule has 2 amide bonds. The fraction of sp³-hybridized carbons (Fsp3) is 0.630. The SMILES string of the molecule is CCOCC(=O)N(C1CCCCC1)[C@@H]1CC(C(=O)NCCO)=C[C@H](Oc2c(I)cc(CO)cc2OC)[C@H]1O. The monoisotopic (exact) mass is 646 g/mol. The van der Waals surface area contributed by atoms with Gasteiger partial charge in [0.1, 0.15) is 18.8 Å². The number of rotatable bonds is 12. The fourth-order valence-electron chi connectivity index (χ4n) is 5.15. The minimum atomic E-state index is -1.13. The summed E-state index contributed by atoms with van der Waals surface area (Å²) in [4.78, 5) is 28.2. The zero-order valence-corrected chi connectivity index (χ0v) is 24.2. The van der Waals surface area contributed by atoms with Gasteiger partial charge in [-0.3, -0.25) is 9.59 Å². The van der Waals surface area contributed by atoms with Gasteiger partial charge in [0.15, 0.2) is 11.5 Å². The number of amides is 2. The summed E-state index contributed by atoms with van der Waals surface area (Å²) in [6.45, 7) is 1.80. The van der Waals surface area contributed by atoms with Crippen molar-refractivity contribution < 1.29 is 39.1 Å². The maximum absolute atomic E-state index is 13.4. The summed E-state index contributed by atoms with van der Waals surface area (Å²) < 4.78 is 17.9. The molecule has 10 nitrogen and oxygen atoms in total. The van der Waals surface area contributed by atoms with Crippen LogP contribution in [0.5, 0.6) is 11.5 Å². The molecule has 0 aromatic heterocycles. The second kappa shape index (κ2) is 15.0. The Balaban J connectivity index is 2.00. The zero-order valence-electron chi connectivity index (χ0n) is 22.0. The number of nitrogens with one attached hydrogen (secondary N) is 1. The molecule has 3 atom stereocenters. The fourth-order valence-corrected chi connectivity index (χ4v) is 5.94. The first-order valence-corrected chi connectivity index (χ1v) is 14.2. The summed E-state index contributed by atoms with van der Waals surface area (Å²) in [7, 11) is 1.49. The topological polar surface area (TPSA) is 138 Å². The predicted octanol–water partition coefficient (Wildman–Crippen LogP) is 1.91. The third kappa shape index (κ3) is 7.59. The van der Waals surface area contributed by atoms with Gasteiger partial charge >= 0.3 is 0 Å². The lowest BCUT2D eigenvalue weighted by Crippen LogP contribution is -2.59. The van der Waals surface area contributed by atoms with Crippen molar-refractivity contribution >= 4 is 34.4 Å². The minimum absolute atomic E-state index is 0.0737. The van der Waals surface area contributed by atoms with Gasteiger partial charge in [0.05, 0.1) is 29.9 Å². The van der Waals surface area contributed by atoms with Gasteiger partial charge in [-0.2, -0.15) is 0 Å². The van der Waals surface area contributed by atoms with E-state index >= 15 is 0 Å². The Kier molecular flexibility index (Phi) is 12.1. The van der Waals surface area contributed by atoms with E-state index in [9.17, 15) is 24.9 Å². The highest BCUT2D eigenvalue weighted by Gasteiger charge is 2.43. The number of hydrogen-bond acceptors (Lipinski definition) is 8. The Morgan fingerprint density at radius 3 is 2.55 bits per heavy atom. The smallest absolute Gasteiger partial charge is 0.249 e. The van der Waals surface area contributed by atoms with E-state index < -0.39 is 18.2 Å². The number of aliphatic hydroxyl groups is 3. The van der Waals surface area contributed by atoms with Crippen molar-refractivity contribution in [3.8, 4) is 11.5 Å². The molecule has 3 rings (SSSR count). The number of hydrogen-bond donors (Lipinski definition) is 4. The van der Waals surface area contributed by atoms with Crippen LogP contribution < -0.4 is 14.8 Å². The molecule has 212 valence electrons. The molecule has 2 aliphatic rings. The number of carbonyl (C=O) groups is 2. The van der Waals surface area contributed by atoms with Crippen molar-refractivity contribution in [3.05, 3.63) is 32.9 Å². The first-order valence-electron chi connectivity index (χ1n) is 13.1. The predicted molar refractivity (Wildman–Crippen MR) is 149 cm³/mol. The number of carbonyl (C=O) groups excluding carboxylic acids is 2. The van der Waals surface area contributed by atoms with Gasteiger partial charge in [-0.1, -0.05) is 19.3 Å². The molecule has 0 bridgehead atoms. The highest BCUT2D eigenvalue weighted by molar-refractivity contribution is 14.1. The summed E-state index contributed by atoms with van der Waals surface area (Å²) in [6.07, 6.45) is 4.33. The number of methoxy groups -OCH3 is 1. The normalized spacial score (nSPS) is 21.9. The summed E-state index contributed by atoms with van der Waals surface area (Å²) in [6, 6.07) is 2.62. The van der Waals surface area contributed by atoms with Crippen LogP contribution in [0.25, 0.3) is 0 Å². The Labute approximate surface area is 237 Å². The molecule has 4 N–H and O–H groups in total. The van der Waals surface area contributed by atoms with Gasteiger partial charge in [-0.25, -0.2) is 0 Å². The van der Waals surface area contributed by atoms with Crippen LogP contribution in [0.15, 0.2) is 23.8 Å². The van der Waals surface area contributed by atoms with Crippen LogP contribution in [0, 0.1) is 3.57 Å². The highest BCUT2D eigenvalue weighted by atomic mass is 127. The molecule has 1 saturated carbocycles. The van der Waals surface area contributed by atoms with Crippen molar-refractivity contribution in [2.75, 3.05) is 33.5 Å². The van der Waals surface area contributed by atoms with E-state index in [2.05, 4.69) is 27.9 Å². The average Bonchev–Trinajstić information content (AvgIpc) is 2.93. The van der Waals surface area contributed by atoms with Crippen molar-refractivity contribution in [2.24, 2.45) is 0 Å². The van der Waals surface area contributed by atoms with E-state index in [1.807, 2.05) is 6.92 Å². The number of benzene rings is 1. The second-order valence-electron chi connectivity index (χ2n) is 9.51. The number of ether oxygens (including phenoxy) is 3. The Morgan fingerprint density at radius 2 is 1.92 bits per heavy atom. The molecule has 0 aliphatic heterocycles. The summed E-state index contributed by atoms with van der Waals surface area (Å²) in [5, 5.41) is 33.1. The van der Waals surface area contributed by atoms with Crippen molar-refractivity contribution in [2.45, 2.75) is 76.3 Å². The molecule has 0 heterocycles. The summed E-state index contributed by atoms with van der Waals surface area (Å²) in [5.74, 6) is 0.137. The molecule has 0 saturated heterocycles. The van der Waals surface area contributed by atoms with E-state index in [1.54, 1.807) is 23.1 Å². The molecule has 1 aromatic rings. The van der Waals surface area contributed by atoms with Crippen LogP contribution in [-0.2, 0) is 20.9 Å². The molecule has 0 spiro atoms. The van der Waals surface area contributed by atoms with Gasteiger partial charge in [0.25, 0.3) is 0 Å². The van der Waals surface area contributed by atoms with E-state index in [-0.39, 0.29) is 50.6 Å². The lowest BCUT2D eigenvalue weighted by molar-refractivity contribution is -0.147.